The summed E-state index contributed by atoms with van der Waals surface area (Å²) in [5.41, 5.74) is 0. The summed E-state index contributed by atoms with van der Waals surface area (Å²) in [6.45, 7) is 4.87. The van der Waals surface area contributed by atoms with Crippen LogP contribution in [0.15, 0.2) is 0 Å². The van der Waals surface area contributed by atoms with Gasteiger partial charge in [0.15, 0.2) is 6.04 Å². The van der Waals surface area contributed by atoms with Crippen molar-refractivity contribution in [3.63, 3.8) is 0 Å². The molecule has 3 atom stereocenters. The number of carboxylic acids is 1. The Hall–Kier alpha value is -1.10. The van der Waals surface area contributed by atoms with Gasteiger partial charge >= 0.3 is 5.97 Å². The van der Waals surface area contributed by atoms with Gasteiger partial charge in [-0.15, -0.1) is 0 Å². The maximum Gasteiger partial charge on any atom is 0.328 e. The maximum atomic E-state index is 11.3. The Balaban J connectivity index is 4.31. The van der Waals surface area contributed by atoms with Crippen molar-refractivity contribution in [2.75, 3.05) is 0 Å². The number of carbonyl (C=O) groups excluding carboxylic acids is 1. The highest BCUT2D eigenvalue weighted by atomic mass is 16.4. The Kier molecular flexibility index (Phi) is 5.15. The molecule has 1 amide bonds. The average molecular weight is 203 g/mol. The normalized spacial score (nSPS) is 16.9. The molecule has 0 aliphatic heterocycles. The van der Waals surface area contributed by atoms with Crippen molar-refractivity contribution in [3.05, 3.63) is 0 Å². The topological polar surface area (TPSA) is 86.6 Å². The summed E-state index contributed by atoms with van der Waals surface area (Å²) in [6.07, 6.45) is -0.460. The van der Waals surface area contributed by atoms with Crippen LogP contribution in [0.1, 0.15) is 27.2 Å². The van der Waals surface area contributed by atoms with E-state index >= 15 is 0 Å². The second kappa shape index (κ2) is 5.59. The van der Waals surface area contributed by atoms with Crippen molar-refractivity contribution < 1.29 is 19.8 Å². The number of carbonyl (C=O) groups is 2. The van der Waals surface area contributed by atoms with Gasteiger partial charge in [0.1, 0.15) is 0 Å². The summed E-state index contributed by atoms with van der Waals surface area (Å²) in [7, 11) is 0. The Bertz CT molecular complexity index is 215. The van der Waals surface area contributed by atoms with Crippen molar-refractivity contribution in [1.82, 2.24) is 5.32 Å². The van der Waals surface area contributed by atoms with Gasteiger partial charge in [0.25, 0.3) is 0 Å². The van der Waals surface area contributed by atoms with Gasteiger partial charge in [-0.1, -0.05) is 13.8 Å². The largest absolute Gasteiger partial charge is 0.480 e. The molecule has 0 heterocycles. The number of hydrogen-bond donors (Lipinski definition) is 3. The minimum atomic E-state index is -1.23. The van der Waals surface area contributed by atoms with E-state index in [4.69, 9.17) is 10.2 Å². The summed E-state index contributed by atoms with van der Waals surface area (Å²) in [5, 5.41) is 20.0. The molecule has 0 aromatic carbocycles. The third kappa shape index (κ3) is 3.74. The average Bonchev–Trinajstić information content (AvgIpc) is 2.11. The number of aliphatic hydroxyl groups excluding tert-OH is 1. The number of aliphatic carboxylic acids is 1. The Morgan fingerprint density at radius 3 is 2.14 bits per heavy atom. The molecule has 5 nitrogen and oxygen atoms in total. The molecule has 0 saturated carbocycles. The molecule has 0 aromatic heterocycles. The fraction of sp³-hybridized carbons (Fsp3) is 0.778. The maximum absolute atomic E-state index is 11.3. The minimum absolute atomic E-state index is 0.240. The molecule has 0 aliphatic carbocycles. The van der Waals surface area contributed by atoms with Crippen LogP contribution in [0, 0.1) is 5.92 Å². The van der Waals surface area contributed by atoms with Gasteiger partial charge in [-0.25, -0.2) is 4.79 Å². The van der Waals surface area contributed by atoms with Gasteiger partial charge in [-0.2, -0.15) is 0 Å². The molecule has 3 N–H and O–H groups in total. The van der Waals surface area contributed by atoms with E-state index in [0.717, 1.165) is 0 Å². The second-order valence-electron chi connectivity index (χ2n) is 3.37. The molecule has 0 spiro atoms. The van der Waals surface area contributed by atoms with Gasteiger partial charge in [-0.3, -0.25) is 4.79 Å². The molecule has 0 saturated heterocycles. The lowest BCUT2D eigenvalue weighted by Crippen LogP contribution is -2.49. The van der Waals surface area contributed by atoms with E-state index in [1.165, 1.54) is 6.92 Å². The molecule has 3 unspecified atom stereocenters. The van der Waals surface area contributed by atoms with Crippen LogP contribution < -0.4 is 5.32 Å². The number of hydrogen-bond acceptors (Lipinski definition) is 3. The molecule has 0 fully saturated rings. The number of carboxylic acid groups (broad SMARTS) is 1. The molecular formula is C9H17NO4. The van der Waals surface area contributed by atoms with Crippen LogP contribution in [0.25, 0.3) is 0 Å². The summed E-state index contributed by atoms with van der Waals surface area (Å²) in [6, 6.07) is -1.23. The number of rotatable bonds is 5. The highest BCUT2D eigenvalue weighted by Crippen LogP contribution is 2.02. The second-order valence-corrected chi connectivity index (χ2v) is 3.37. The smallest absolute Gasteiger partial charge is 0.328 e. The van der Waals surface area contributed by atoms with Crippen LogP contribution in [0.3, 0.4) is 0 Å². The van der Waals surface area contributed by atoms with E-state index in [1.54, 1.807) is 6.92 Å². The zero-order valence-electron chi connectivity index (χ0n) is 8.65. The summed E-state index contributed by atoms with van der Waals surface area (Å²) in [4.78, 5) is 21.9. The van der Waals surface area contributed by atoms with Crippen LogP contribution in [-0.2, 0) is 9.59 Å². The standard InChI is InChI=1S/C9H17NO4/c1-4-5(2)8(12)10-7(6(3)11)9(13)14/h5-7,11H,4H2,1-3H3,(H,10,12)(H,13,14). The molecule has 0 aromatic rings. The zero-order valence-corrected chi connectivity index (χ0v) is 8.65. The van der Waals surface area contributed by atoms with Gasteiger partial charge in [0.05, 0.1) is 6.10 Å². The van der Waals surface area contributed by atoms with Crippen LogP contribution >= 0.6 is 0 Å². The molecular weight excluding hydrogens is 186 g/mol. The third-order valence-electron chi connectivity index (χ3n) is 2.11. The van der Waals surface area contributed by atoms with Crippen LogP contribution in [-0.4, -0.2) is 34.2 Å². The molecule has 5 heteroatoms. The van der Waals surface area contributed by atoms with E-state index in [2.05, 4.69) is 5.32 Å². The first-order valence-electron chi connectivity index (χ1n) is 4.61. The van der Waals surface area contributed by atoms with E-state index in [1.807, 2.05) is 6.92 Å². The van der Waals surface area contributed by atoms with Crippen molar-refractivity contribution in [1.29, 1.82) is 0 Å². The SMILES string of the molecule is CCC(C)C(=O)NC(C(=O)O)C(C)O. The molecule has 0 aliphatic rings. The van der Waals surface area contributed by atoms with E-state index in [0.29, 0.717) is 6.42 Å². The van der Waals surface area contributed by atoms with Crippen LogP contribution in [0.5, 0.6) is 0 Å². The predicted molar refractivity (Wildman–Crippen MR) is 50.7 cm³/mol. The highest BCUT2D eigenvalue weighted by molar-refractivity contribution is 5.85. The van der Waals surface area contributed by atoms with Gasteiger partial charge in [0.2, 0.25) is 5.91 Å². The Morgan fingerprint density at radius 2 is 1.86 bits per heavy atom. The first-order valence-corrected chi connectivity index (χ1v) is 4.61. The summed E-state index contributed by atoms with van der Waals surface area (Å²) >= 11 is 0. The Morgan fingerprint density at radius 1 is 1.36 bits per heavy atom. The first-order chi connectivity index (χ1) is 6.40. The minimum Gasteiger partial charge on any atom is -0.480 e. The predicted octanol–water partition coefficient (Wildman–Crippen LogP) is -0.0173. The molecule has 14 heavy (non-hydrogen) atoms. The lowest BCUT2D eigenvalue weighted by molar-refractivity contribution is -0.145. The van der Waals surface area contributed by atoms with E-state index in [-0.39, 0.29) is 11.8 Å². The number of amides is 1. The number of nitrogens with one attached hydrogen (secondary N) is 1. The third-order valence-corrected chi connectivity index (χ3v) is 2.11. The first kappa shape index (κ1) is 12.9. The van der Waals surface area contributed by atoms with Crippen molar-refractivity contribution in [2.24, 2.45) is 5.92 Å². The zero-order chi connectivity index (χ0) is 11.3. The molecule has 0 radical (unpaired) electrons. The molecule has 82 valence electrons. The molecule has 0 rings (SSSR count). The number of aliphatic hydroxyl groups is 1. The summed E-state index contributed by atoms with van der Waals surface area (Å²) < 4.78 is 0. The van der Waals surface area contributed by atoms with Crippen molar-refractivity contribution >= 4 is 11.9 Å². The quantitative estimate of drug-likeness (QED) is 0.586. The monoisotopic (exact) mass is 203 g/mol. The van der Waals surface area contributed by atoms with Gasteiger partial charge < -0.3 is 15.5 Å². The van der Waals surface area contributed by atoms with Crippen molar-refractivity contribution in [2.45, 2.75) is 39.3 Å². The van der Waals surface area contributed by atoms with Crippen LogP contribution in [0.2, 0.25) is 0 Å². The van der Waals surface area contributed by atoms with E-state index < -0.39 is 18.1 Å². The Labute approximate surface area is 83.1 Å². The van der Waals surface area contributed by atoms with Gasteiger partial charge in [0, 0.05) is 5.92 Å². The lowest BCUT2D eigenvalue weighted by atomic mass is 10.1. The van der Waals surface area contributed by atoms with Crippen molar-refractivity contribution in [3.8, 4) is 0 Å². The molecule has 0 bridgehead atoms. The summed E-state index contributed by atoms with van der Waals surface area (Å²) in [5.74, 6) is -1.81. The van der Waals surface area contributed by atoms with Gasteiger partial charge in [-0.05, 0) is 13.3 Å². The lowest BCUT2D eigenvalue weighted by Gasteiger charge is -2.19. The van der Waals surface area contributed by atoms with E-state index in [9.17, 15) is 9.59 Å². The fourth-order valence-electron chi connectivity index (χ4n) is 0.870. The van der Waals surface area contributed by atoms with Crippen LogP contribution in [0.4, 0.5) is 0 Å². The fourth-order valence-corrected chi connectivity index (χ4v) is 0.870. The highest BCUT2D eigenvalue weighted by Gasteiger charge is 2.26.